The number of hydrogen-bond acceptors (Lipinski definition) is 5. The molecule has 1 amide bonds. The zero-order chi connectivity index (χ0) is 19.5. The van der Waals surface area contributed by atoms with Crippen molar-refractivity contribution in [3.63, 3.8) is 0 Å². The lowest BCUT2D eigenvalue weighted by molar-refractivity contribution is -0.140. The SMILES string of the molecule is C[C@H](OC(=O)c1cc(-c2cccs2)nc2ccccc12)C(=O)N1CCCCC1. The van der Waals surface area contributed by atoms with E-state index in [4.69, 9.17) is 4.74 Å². The lowest BCUT2D eigenvalue weighted by Crippen LogP contribution is -2.42. The molecule has 3 heterocycles. The second-order valence-electron chi connectivity index (χ2n) is 6.98. The molecule has 1 saturated heterocycles. The molecule has 3 aromatic rings. The average Bonchev–Trinajstić information content (AvgIpc) is 3.28. The van der Waals surface area contributed by atoms with Gasteiger partial charge >= 0.3 is 5.97 Å². The van der Waals surface area contributed by atoms with E-state index in [9.17, 15) is 9.59 Å². The van der Waals surface area contributed by atoms with E-state index < -0.39 is 12.1 Å². The highest BCUT2D eigenvalue weighted by molar-refractivity contribution is 7.13. The van der Waals surface area contributed by atoms with Gasteiger partial charge < -0.3 is 9.64 Å². The molecule has 0 unspecified atom stereocenters. The molecule has 4 rings (SSSR count). The maximum absolute atomic E-state index is 13.0. The lowest BCUT2D eigenvalue weighted by atomic mass is 10.1. The van der Waals surface area contributed by atoms with Gasteiger partial charge in [-0.25, -0.2) is 9.78 Å². The molecular weight excluding hydrogens is 372 g/mol. The molecule has 1 fully saturated rings. The maximum atomic E-state index is 13.0. The molecular formula is C22H22N2O3S. The normalized spacial score (nSPS) is 15.4. The van der Waals surface area contributed by atoms with Gasteiger partial charge in [-0.1, -0.05) is 24.3 Å². The number of pyridine rings is 1. The first-order valence-corrected chi connectivity index (χ1v) is 10.4. The van der Waals surface area contributed by atoms with Crippen LogP contribution in [0.15, 0.2) is 47.8 Å². The molecule has 144 valence electrons. The number of rotatable bonds is 4. The number of piperidine rings is 1. The van der Waals surface area contributed by atoms with E-state index >= 15 is 0 Å². The number of carbonyl (C=O) groups is 2. The van der Waals surface area contributed by atoms with E-state index in [2.05, 4.69) is 4.98 Å². The molecule has 1 aromatic carbocycles. The Morgan fingerprint density at radius 2 is 1.89 bits per heavy atom. The van der Waals surface area contributed by atoms with E-state index in [0.717, 1.165) is 53.8 Å². The van der Waals surface area contributed by atoms with Crippen LogP contribution < -0.4 is 0 Å². The van der Waals surface area contributed by atoms with E-state index in [1.165, 1.54) is 0 Å². The molecule has 1 atom stereocenters. The highest BCUT2D eigenvalue weighted by Crippen LogP contribution is 2.28. The summed E-state index contributed by atoms with van der Waals surface area (Å²) in [5, 5.41) is 2.70. The van der Waals surface area contributed by atoms with E-state index in [1.807, 2.05) is 41.8 Å². The molecule has 0 radical (unpaired) electrons. The number of ether oxygens (including phenoxy) is 1. The summed E-state index contributed by atoms with van der Waals surface area (Å²) in [4.78, 5) is 33.0. The number of thiophene rings is 1. The van der Waals surface area contributed by atoms with Gasteiger partial charge in [-0.05, 0) is 49.8 Å². The van der Waals surface area contributed by atoms with Crippen LogP contribution in [0.4, 0.5) is 0 Å². The van der Waals surface area contributed by atoms with Crippen LogP contribution in [-0.2, 0) is 9.53 Å². The Bertz CT molecular complexity index is 994. The number of amides is 1. The van der Waals surface area contributed by atoms with Crippen LogP contribution >= 0.6 is 11.3 Å². The van der Waals surface area contributed by atoms with Crippen molar-refractivity contribution in [2.24, 2.45) is 0 Å². The summed E-state index contributed by atoms with van der Waals surface area (Å²) in [6.07, 6.45) is 2.35. The van der Waals surface area contributed by atoms with E-state index in [1.54, 1.807) is 29.2 Å². The average molecular weight is 394 g/mol. The molecule has 5 nitrogen and oxygen atoms in total. The first-order valence-electron chi connectivity index (χ1n) is 9.57. The van der Waals surface area contributed by atoms with Crippen LogP contribution in [0.2, 0.25) is 0 Å². The summed E-state index contributed by atoms with van der Waals surface area (Å²) in [7, 11) is 0. The molecule has 1 aliphatic rings. The third kappa shape index (κ3) is 3.78. The number of nitrogens with zero attached hydrogens (tertiary/aromatic N) is 2. The smallest absolute Gasteiger partial charge is 0.339 e. The molecule has 0 bridgehead atoms. The third-order valence-electron chi connectivity index (χ3n) is 5.01. The molecule has 0 spiro atoms. The third-order valence-corrected chi connectivity index (χ3v) is 5.90. The highest BCUT2D eigenvalue weighted by Gasteiger charge is 2.26. The molecule has 0 N–H and O–H groups in total. The molecule has 0 saturated carbocycles. The topological polar surface area (TPSA) is 59.5 Å². The zero-order valence-corrected chi connectivity index (χ0v) is 16.6. The van der Waals surface area contributed by atoms with Crippen LogP contribution in [0, 0.1) is 0 Å². The number of aromatic nitrogens is 1. The van der Waals surface area contributed by atoms with Crippen LogP contribution in [0.5, 0.6) is 0 Å². The fourth-order valence-electron chi connectivity index (χ4n) is 3.54. The summed E-state index contributed by atoms with van der Waals surface area (Å²) in [5.74, 6) is -0.612. The number of benzene rings is 1. The second-order valence-corrected chi connectivity index (χ2v) is 7.93. The quantitative estimate of drug-likeness (QED) is 0.611. The van der Waals surface area contributed by atoms with E-state index in [0.29, 0.717) is 5.56 Å². The van der Waals surface area contributed by atoms with Gasteiger partial charge in [0.05, 0.1) is 21.7 Å². The lowest BCUT2D eigenvalue weighted by Gasteiger charge is -2.29. The second kappa shape index (κ2) is 8.10. The number of hydrogen-bond donors (Lipinski definition) is 0. The van der Waals surface area contributed by atoms with Gasteiger partial charge in [-0.3, -0.25) is 4.79 Å². The predicted octanol–water partition coefficient (Wildman–Crippen LogP) is 4.52. The largest absolute Gasteiger partial charge is 0.449 e. The number of carbonyl (C=O) groups excluding carboxylic acids is 2. The minimum atomic E-state index is -0.803. The summed E-state index contributed by atoms with van der Waals surface area (Å²) in [6.45, 7) is 3.13. The minimum Gasteiger partial charge on any atom is -0.449 e. The van der Waals surface area contributed by atoms with Gasteiger partial charge in [0, 0.05) is 18.5 Å². The molecule has 28 heavy (non-hydrogen) atoms. The fourth-order valence-corrected chi connectivity index (χ4v) is 4.23. The van der Waals surface area contributed by atoms with Gasteiger partial charge in [0.15, 0.2) is 6.10 Å². The van der Waals surface area contributed by atoms with Crippen LogP contribution in [0.1, 0.15) is 36.5 Å². The number of likely N-dealkylation sites (tertiary alicyclic amines) is 1. The van der Waals surface area contributed by atoms with Gasteiger partial charge in [-0.2, -0.15) is 0 Å². The Hall–Kier alpha value is -2.73. The standard InChI is InChI=1S/C22H22N2O3S/c1-15(21(25)24-11-5-2-6-12-24)27-22(26)17-14-19(20-10-7-13-28-20)23-18-9-4-3-8-16(17)18/h3-4,7-10,13-15H,2,5-6,11-12H2,1H3/t15-/m0/s1. The minimum absolute atomic E-state index is 0.120. The van der Waals surface area contributed by atoms with Gasteiger partial charge in [0.25, 0.3) is 5.91 Å². The van der Waals surface area contributed by atoms with E-state index in [-0.39, 0.29) is 5.91 Å². The van der Waals surface area contributed by atoms with Crippen molar-refractivity contribution in [1.29, 1.82) is 0 Å². The maximum Gasteiger partial charge on any atom is 0.339 e. The zero-order valence-electron chi connectivity index (χ0n) is 15.8. The van der Waals surface area contributed by atoms with Crippen molar-refractivity contribution < 1.29 is 14.3 Å². The fraction of sp³-hybridized carbons (Fsp3) is 0.318. The number of fused-ring (bicyclic) bond motifs is 1. The molecule has 1 aliphatic heterocycles. The molecule has 6 heteroatoms. The van der Waals surface area contributed by atoms with Crippen LogP contribution in [-0.4, -0.2) is 41.0 Å². The van der Waals surface area contributed by atoms with Gasteiger partial charge in [-0.15, -0.1) is 11.3 Å². The van der Waals surface area contributed by atoms with Gasteiger partial charge in [0.1, 0.15) is 0 Å². The first-order chi connectivity index (χ1) is 13.6. The van der Waals surface area contributed by atoms with Crippen molar-refractivity contribution in [1.82, 2.24) is 9.88 Å². The Morgan fingerprint density at radius 1 is 1.11 bits per heavy atom. The van der Waals surface area contributed by atoms with Crippen molar-refractivity contribution in [2.75, 3.05) is 13.1 Å². The van der Waals surface area contributed by atoms with Crippen molar-refractivity contribution in [2.45, 2.75) is 32.3 Å². The van der Waals surface area contributed by atoms with Crippen LogP contribution in [0.25, 0.3) is 21.5 Å². The molecule has 2 aromatic heterocycles. The predicted molar refractivity (Wildman–Crippen MR) is 110 cm³/mol. The first kappa shape index (κ1) is 18.6. The summed E-state index contributed by atoms with van der Waals surface area (Å²) < 4.78 is 5.58. The monoisotopic (exact) mass is 394 g/mol. The Kier molecular flexibility index (Phi) is 5.39. The van der Waals surface area contributed by atoms with Crippen LogP contribution in [0.3, 0.4) is 0 Å². The summed E-state index contributed by atoms with van der Waals surface area (Å²) in [5.41, 5.74) is 1.90. The van der Waals surface area contributed by atoms with Crippen molar-refractivity contribution in [3.8, 4) is 10.6 Å². The Morgan fingerprint density at radius 3 is 2.64 bits per heavy atom. The Labute approximate surface area is 168 Å². The van der Waals surface area contributed by atoms with Crippen molar-refractivity contribution >= 4 is 34.1 Å². The summed E-state index contributed by atoms with van der Waals surface area (Å²) >= 11 is 1.57. The Balaban J connectivity index is 1.62. The van der Waals surface area contributed by atoms with Gasteiger partial charge in [0.2, 0.25) is 0 Å². The number of esters is 1. The summed E-state index contributed by atoms with van der Waals surface area (Å²) in [6, 6.07) is 13.2. The molecule has 0 aliphatic carbocycles. The van der Waals surface area contributed by atoms with Crippen molar-refractivity contribution in [3.05, 3.63) is 53.4 Å². The number of para-hydroxylation sites is 1. The highest BCUT2D eigenvalue weighted by atomic mass is 32.1.